The highest BCUT2D eigenvalue weighted by Gasteiger charge is 2.29. The number of halogens is 1. The van der Waals surface area contributed by atoms with Gasteiger partial charge in [-0.25, -0.2) is 9.18 Å². The van der Waals surface area contributed by atoms with E-state index < -0.39 is 11.8 Å². The van der Waals surface area contributed by atoms with Crippen LogP contribution in [0.15, 0.2) is 48.7 Å². The molecule has 150 valence electrons. The van der Waals surface area contributed by atoms with E-state index in [1.807, 2.05) is 47.0 Å². The Morgan fingerprint density at radius 3 is 2.76 bits per heavy atom. The van der Waals surface area contributed by atoms with Crippen molar-refractivity contribution in [1.29, 1.82) is 0 Å². The number of esters is 1. The number of hydrogen-bond donors (Lipinski definition) is 0. The molecule has 1 unspecified atom stereocenters. The van der Waals surface area contributed by atoms with Crippen molar-refractivity contribution in [3.05, 3.63) is 71.2 Å². The number of hydrogen-bond acceptors (Lipinski definition) is 3. The van der Waals surface area contributed by atoms with Gasteiger partial charge in [0.25, 0.3) is 5.91 Å². The summed E-state index contributed by atoms with van der Waals surface area (Å²) in [6.45, 7) is 1.34. The molecule has 29 heavy (non-hydrogen) atoms. The van der Waals surface area contributed by atoms with Crippen LogP contribution in [0.5, 0.6) is 0 Å². The van der Waals surface area contributed by atoms with Gasteiger partial charge in [-0.15, -0.1) is 0 Å². The van der Waals surface area contributed by atoms with Crippen LogP contribution in [-0.4, -0.2) is 41.5 Å². The number of likely N-dealkylation sites (tertiary alicyclic amines) is 1. The first kappa shape index (κ1) is 19.2. The average Bonchev–Trinajstić information content (AvgIpc) is 3.33. The molecule has 0 aliphatic carbocycles. The maximum absolute atomic E-state index is 13.9. The smallest absolute Gasteiger partial charge is 0.340 e. The third-order valence-electron chi connectivity index (χ3n) is 5.66. The largest absolute Gasteiger partial charge is 0.465 e. The quantitative estimate of drug-likeness (QED) is 0.633. The van der Waals surface area contributed by atoms with Crippen LogP contribution in [-0.2, 0) is 18.2 Å². The van der Waals surface area contributed by atoms with Crippen LogP contribution in [0.2, 0.25) is 0 Å². The molecule has 0 N–H and O–H groups in total. The lowest BCUT2D eigenvalue weighted by Crippen LogP contribution is -2.28. The maximum atomic E-state index is 13.9. The Morgan fingerprint density at radius 2 is 1.97 bits per heavy atom. The zero-order chi connectivity index (χ0) is 20.5. The first-order valence-corrected chi connectivity index (χ1v) is 9.68. The molecule has 1 fully saturated rings. The van der Waals surface area contributed by atoms with E-state index in [1.165, 1.54) is 13.2 Å². The second-order valence-electron chi connectivity index (χ2n) is 7.59. The molecular weight excluding hydrogens is 371 g/mol. The Morgan fingerprint density at radius 1 is 1.17 bits per heavy atom. The van der Waals surface area contributed by atoms with Crippen LogP contribution in [0.1, 0.15) is 32.7 Å². The highest BCUT2D eigenvalue weighted by Crippen LogP contribution is 2.27. The molecule has 5 nitrogen and oxygen atoms in total. The molecule has 3 aromatic rings. The van der Waals surface area contributed by atoms with Crippen molar-refractivity contribution in [2.75, 3.05) is 20.2 Å². The zero-order valence-electron chi connectivity index (χ0n) is 16.5. The van der Waals surface area contributed by atoms with E-state index in [1.54, 1.807) is 12.1 Å². The van der Waals surface area contributed by atoms with E-state index in [-0.39, 0.29) is 17.4 Å². The second kappa shape index (κ2) is 7.70. The number of ether oxygens (including phenoxy) is 1. The van der Waals surface area contributed by atoms with Crippen molar-refractivity contribution in [2.24, 2.45) is 13.0 Å². The monoisotopic (exact) mass is 394 g/mol. The van der Waals surface area contributed by atoms with Crippen LogP contribution in [0, 0.1) is 11.7 Å². The topological polar surface area (TPSA) is 51.5 Å². The minimum Gasteiger partial charge on any atom is -0.465 e. The van der Waals surface area contributed by atoms with E-state index in [9.17, 15) is 14.0 Å². The molecule has 1 atom stereocenters. The van der Waals surface area contributed by atoms with E-state index in [0.717, 1.165) is 28.5 Å². The molecule has 1 aliphatic heterocycles. The molecule has 0 spiro atoms. The summed E-state index contributed by atoms with van der Waals surface area (Å²) in [6.07, 6.45) is 3.45. The summed E-state index contributed by atoms with van der Waals surface area (Å²) in [4.78, 5) is 26.7. The fourth-order valence-corrected chi connectivity index (χ4v) is 4.17. The van der Waals surface area contributed by atoms with Crippen molar-refractivity contribution in [3.8, 4) is 0 Å². The number of carbonyl (C=O) groups is 2. The summed E-state index contributed by atoms with van der Waals surface area (Å²) < 4.78 is 20.5. The first-order chi connectivity index (χ1) is 14.0. The second-order valence-corrected chi connectivity index (χ2v) is 7.59. The summed E-state index contributed by atoms with van der Waals surface area (Å²) in [7, 11) is 3.18. The SMILES string of the molecule is COC(=O)c1cc(CC2CCN(C(=O)c3cn(C)c4ccccc34)C2)ccc1F. The van der Waals surface area contributed by atoms with Crippen molar-refractivity contribution >= 4 is 22.8 Å². The third-order valence-corrected chi connectivity index (χ3v) is 5.66. The zero-order valence-corrected chi connectivity index (χ0v) is 16.5. The number of para-hydroxylation sites is 1. The van der Waals surface area contributed by atoms with Gasteiger partial charge >= 0.3 is 5.97 Å². The van der Waals surface area contributed by atoms with Crippen LogP contribution in [0.25, 0.3) is 10.9 Å². The Bertz CT molecular complexity index is 1090. The molecule has 1 saturated heterocycles. The predicted octanol–water partition coefficient (Wildman–Crippen LogP) is 3.81. The standard InChI is InChI=1S/C23H23FN2O3/c1-25-14-19(17-5-3-4-6-21(17)25)22(27)26-10-9-16(13-26)11-15-7-8-20(24)18(12-15)23(28)29-2/h3-8,12,14,16H,9-11,13H2,1-2H3. The number of methoxy groups -OCH3 is 1. The Hall–Kier alpha value is -3.15. The molecule has 0 saturated carbocycles. The number of nitrogens with zero attached hydrogens (tertiary/aromatic N) is 2. The van der Waals surface area contributed by atoms with E-state index in [0.29, 0.717) is 19.5 Å². The van der Waals surface area contributed by atoms with Gasteiger partial charge in [-0.2, -0.15) is 0 Å². The van der Waals surface area contributed by atoms with E-state index in [4.69, 9.17) is 0 Å². The maximum Gasteiger partial charge on any atom is 0.340 e. The van der Waals surface area contributed by atoms with Crippen LogP contribution in [0.3, 0.4) is 0 Å². The fraction of sp³-hybridized carbons (Fsp3) is 0.304. The molecule has 1 aliphatic rings. The minimum absolute atomic E-state index is 0.0404. The number of carbonyl (C=O) groups excluding carboxylic acids is 2. The number of amides is 1. The number of benzene rings is 2. The Labute approximate surface area is 168 Å². The highest BCUT2D eigenvalue weighted by atomic mass is 19.1. The molecule has 2 heterocycles. The van der Waals surface area contributed by atoms with Gasteiger partial charge in [-0.1, -0.05) is 24.3 Å². The summed E-state index contributed by atoms with van der Waals surface area (Å²) >= 11 is 0. The molecule has 4 rings (SSSR count). The molecule has 1 amide bonds. The third kappa shape index (κ3) is 3.62. The van der Waals surface area contributed by atoms with Crippen LogP contribution < -0.4 is 0 Å². The van der Waals surface area contributed by atoms with Gasteiger partial charge in [-0.05, 0) is 42.5 Å². The van der Waals surface area contributed by atoms with Gasteiger partial charge in [0.05, 0.1) is 18.2 Å². The summed E-state index contributed by atoms with van der Waals surface area (Å²) in [5, 5.41) is 0.963. The van der Waals surface area contributed by atoms with Gasteiger partial charge in [0.2, 0.25) is 0 Å². The Kier molecular flexibility index (Phi) is 5.09. The lowest BCUT2D eigenvalue weighted by Gasteiger charge is -2.16. The van der Waals surface area contributed by atoms with Crippen molar-refractivity contribution in [2.45, 2.75) is 12.8 Å². The number of fused-ring (bicyclic) bond motifs is 1. The predicted molar refractivity (Wildman–Crippen MR) is 108 cm³/mol. The molecule has 2 aromatic carbocycles. The van der Waals surface area contributed by atoms with Crippen LogP contribution in [0.4, 0.5) is 4.39 Å². The normalized spacial score (nSPS) is 16.4. The van der Waals surface area contributed by atoms with Crippen molar-refractivity contribution < 1.29 is 18.7 Å². The molecule has 6 heteroatoms. The van der Waals surface area contributed by atoms with Gasteiger partial charge in [0, 0.05) is 37.2 Å². The van der Waals surface area contributed by atoms with E-state index >= 15 is 0 Å². The summed E-state index contributed by atoms with van der Waals surface area (Å²) in [5.74, 6) is -0.952. The Balaban J connectivity index is 1.48. The molecular formula is C23H23FN2O3. The number of aryl methyl sites for hydroxylation is 1. The molecule has 0 bridgehead atoms. The van der Waals surface area contributed by atoms with Gasteiger partial charge < -0.3 is 14.2 Å². The van der Waals surface area contributed by atoms with Crippen LogP contribution >= 0.6 is 0 Å². The fourth-order valence-electron chi connectivity index (χ4n) is 4.17. The lowest BCUT2D eigenvalue weighted by molar-refractivity contribution is 0.0595. The van der Waals surface area contributed by atoms with Gasteiger partial charge in [0.15, 0.2) is 0 Å². The molecule has 1 aromatic heterocycles. The first-order valence-electron chi connectivity index (χ1n) is 9.68. The number of rotatable bonds is 4. The minimum atomic E-state index is -0.677. The lowest BCUT2D eigenvalue weighted by atomic mass is 9.97. The number of aromatic nitrogens is 1. The highest BCUT2D eigenvalue weighted by molar-refractivity contribution is 6.07. The van der Waals surface area contributed by atoms with Gasteiger partial charge in [-0.3, -0.25) is 4.79 Å². The van der Waals surface area contributed by atoms with E-state index in [2.05, 4.69) is 4.74 Å². The van der Waals surface area contributed by atoms with Gasteiger partial charge in [0.1, 0.15) is 5.82 Å². The summed E-state index contributed by atoms with van der Waals surface area (Å²) in [5.41, 5.74) is 2.58. The average molecular weight is 394 g/mol. The summed E-state index contributed by atoms with van der Waals surface area (Å²) in [6, 6.07) is 12.4. The van der Waals surface area contributed by atoms with Crippen molar-refractivity contribution in [1.82, 2.24) is 9.47 Å². The van der Waals surface area contributed by atoms with Crippen molar-refractivity contribution in [3.63, 3.8) is 0 Å². The molecule has 0 radical (unpaired) electrons.